The van der Waals surface area contributed by atoms with Crippen molar-refractivity contribution in [2.75, 3.05) is 0 Å². The predicted octanol–water partition coefficient (Wildman–Crippen LogP) is 2.13. The zero-order valence-corrected chi connectivity index (χ0v) is 7.89. The number of rotatable bonds is 1. The maximum absolute atomic E-state index is 5.91. The summed E-state index contributed by atoms with van der Waals surface area (Å²) in [5, 5.41) is 3.33. The molecule has 1 aliphatic rings. The van der Waals surface area contributed by atoms with Gasteiger partial charge in [0.25, 0.3) is 0 Å². The summed E-state index contributed by atoms with van der Waals surface area (Å²) in [6, 6.07) is 0.410. The Morgan fingerprint density at radius 1 is 1.50 bits per heavy atom. The van der Waals surface area contributed by atoms with Gasteiger partial charge in [0, 0.05) is 23.5 Å². The summed E-state index contributed by atoms with van der Waals surface area (Å²) in [4.78, 5) is 4.34. The number of hydrogen-bond acceptors (Lipinski definition) is 3. The molecule has 0 aromatic carbocycles. The minimum absolute atomic E-state index is 0.410. The van der Waals surface area contributed by atoms with Crippen LogP contribution in [0.3, 0.4) is 0 Å². The second-order valence-corrected chi connectivity index (χ2v) is 4.42. The number of nitrogens with two attached hydrogens (primary N) is 1. The SMILES string of the molecule is NC1CCCC(c2nccs2)C1. The van der Waals surface area contributed by atoms with E-state index in [0.717, 1.165) is 6.42 Å². The van der Waals surface area contributed by atoms with Crippen LogP contribution in [-0.4, -0.2) is 11.0 Å². The van der Waals surface area contributed by atoms with Gasteiger partial charge < -0.3 is 5.73 Å². The van der Waals surface area contributed by atoms with Gasteiger partial charge in [0.1, 0.15) is 0 Å². The van der Waals surface area contributed by atoms with E-state index in [4.69, 9.17) is 5.73 Å². The number of aromatic nitrogens is 1. The topological polar surface area (TPSA) is 38.9 Å². The fourth-order valence-electron chi connectivity index (χ4n) is 1.89. The molecule has 12 heavy (non-hydrogen) atoms. The van der Waals surface area contributed by atoms with E-state index >= 15 is 0 Å². The van der Waals surface area contributed by atoms with Crippen LogP contribution >= 0.6 is 11.3 Å². The van der Waals surface area contributed by atoms with Gasteiger partial charge in [0.05, 0.1) is 5.01 Å². The number of nitrogens with zero attached hydrogens (tertiary/aromatic N) is 1. The molecule has 0 aliphatic heterocycles. The van der Waals surface area contributed by atoms with Gasteiger partial charge in [-0.25, -0.2) is 4.98 Å². The van der Waals surface area contributed by atoms with Crippen LogP contribution in [0, 0.1) is 0 Å². The Labute approximate surface area is 76.8 Å². The highest BCUT2D eigenvalue weighted by Gasteiger charge is 2.21. The molecule has 0 amide bonds. The fraction of sp³-hybridized carbons (Fsp3) is 0.667. The molecule has 1 aromatic rings. The highest BCUT2D eigenvalue weighted by Crippen LogP contribution is 2.32. The molecule has 2 unspecified atom stereocenters. The summed E-state index contributed by atoms with van der Waals surface area (Å²) in [5.41, 5.74) is 5.91. The molecule has 0 saturated heterocycles. The van der Waals surface area contributed by atoms with Crippen LogP contribution in [0.25, 0.3) is 0 Å². The van der Waals surface area contributed by atoms with Gasteiger partial charge in [0.15, 0.2) is 0 Å². The van der Waals surface area contributed by atoms with Crippen molar-refractivity contribution in [3.05, 3.63) is 16.6 Å². The third kappa shape index (κ3) is 1.67. The molecular formula is C9H14N2S. The van der Waals surface area contributed by atoms with Gasteiger partial charge >= 0.3 is 0 Å². The molecular weight excluding hydrogens is 168 g/mol. The summed E-state index contributed by atoms with van der Waals surface area (Å²) in [7, 11) is 0. The van der Waals surface area contributed by atoms with Crippen LogP contribution < -0.4 is 5.73 Å². The highest BCUT2D eigenvalue weighted by atomic mass is 32.1. The fourth-order valence-corrected chi connectivity index (χ4v) is 2.68. The molecule has 66 valence electrons. The Morgan fingerprint density at radius 2 is 2.42 bits per heavy atom. The lowest BCUT2D eigenvalue weighted by molar-refractivity contribution is 0.392. The van der Waals surface area contributed by atoms with Gasteiger partial charge in [0.2, 0.25) is 0 Å². The van der Waals surface area contributed by atoms with Gasteiger partial charge in [-0.05, 0) is 19.3 Å². The Morgan fingerprint density at radius 3 is 3.08 bits per heavy atom. The molecule has 2 nitrogen and oxygen atoms in total. The van der Waals surface area contributed by atoms with Crippen molar-refractivity contribution in [2.45, 2.75) is 37.6 Å². The standard InChI is InChI=1S/C9H14N2S/c10-8-3-1-2-7(6-8)9-11-4-5-12-9/h4-5,7-8H,1-3,6,10H2. The van der Waals surface area contributed by atoms with Crippen LogP contribution in [0.2, 0.25) is 0 Å². The second kappa shape index (κ2) is 3.54. The van der Waals surface area contributed by atoms with Crippen molar-refractivity contribution in [1.82, 2.24) is 4.98 Å². The quantitative estimate of drug-likeness (QED) is 0.722. The van der Waals surface area contributed by atoms with Crippen molar-refractivity contribution < 1.29 is 0 Å². The minimum Gasteiger partial charge on any atom is -0.328 e. The first-order valence-electron chi connectivity index (χ1n) is 4.51. The van der Waals surface area contributed by atoms with Crippen LogP contribution in [0.1, 0.15) is 36.6 Å². The van der Waals surface area contributed by atoms with Crippen LogP contribution in [-0.2, 0) is 0 Å². The van der Waals surface area contributed by atoms with Gasteiger partial charge in [-0.3, -0.25) is 0 Å². The van der Waals surface area contributed by atoms with Crippen LogP contribution in [0.4, 0.5) is 0 Å². The lowest BCUT2D eigenvalue weighted by atomic mass is 9.87. The van der Waals surface area contributed by atoms with E-state index < -0.39 is 0 Å². The summed E-state index contributed by atoms with van der Waals surface area (Å²) < 4.78 is 0. The van der Waals surface area contributed by atoms with Crippen molar-refractivity contribution in [1.29, 1.82) is 0 Å². The average molecular weight is 182 g/mol. The zero-order valence-electron chi connectivity index (χ0n) is 7.07. The molecule has 1 fully saturated rings. The van der Waals surface area contributed by atoms with E-state index in [2.05, 4.69) is 10.4 Å². The third-order valence-electron chi connectivity index (χ3n) is 2.52. The summed E-state index contributed by atoms with van der Waals surface area (Å²) >= 11 is 1.76. The Bertz CT molecular complexity index is 233. The maximum Gasteiger partial charge on any atom is 0.0956 e. The zero-order chi connectivity index (χ0) is 8.39. The van der Waals surface area contributed by atoms with E-state index in [1.165, 1.54) is 24.3 Å². The highest BCUT2D eigenvalue weighted by molar-refractivity contribution is 7.09. The Kier molecular flexibility index (Phi) is 2.42. The van der Waals surface area contributed by atoms with Crippen molar-refractivity contribution in [3.8, 4) is 0 Å². The molecule has 2 rings (SSSR count). The summed E-state index contributed by atoms with van der Waals surface area (Å²) in [6.07, 6.45) is 6.77. The number of thiazole rings is 1. The first kappa shape index (κ1) is 8.20. The monoisotopic (exact) mass is 182 g/mol. The van der Waals surface area contributed by atoms with E-state index in [1.807, 2.05) is 6.20 Å². The molecule has 2 atom stereocenters. The molecule has 1 aromatic heterocycles. The molecule has 1 heterocycles. The molecule has 1 saturated carbocycles. The number of hydrogen-bond donors (Lipinski definition) is 1. The summed E-state index contributed by atoms with van der Waals surface area (Å²) in [5.74, 6) is 0.647. The third-order valence-corrected chi connectivity index (χ3v) is 3.45. The normalized spacial score (nSPS) is 30.4. The predicted molar refractivity (Wildman–Crippen MR) is 51.3 cm³/mol. The van der Waals surface area contributed by atoms with Gasteiger partial charge in [-0.1, -0.05) is 6.42 Å². The van der Waals surface area contributed by atoms with Crippen LogP contribution in [0.5, 0.6) is 0 Å². The Hall–Kier alpha value is -0.410. The summed E-state index contributed by atoms with van der Waals surface area (Å²) in [6.45, 7) is 0. The molecule has 0 bridgehead atoms. The van der Waals surface area contributed by atoms with Crippen molar-refractivity contribution >= 4 is 11.3 Å². The lowest BCUT2D eigenvalue weighted by Crippen LogP contribution is -2.26. The molecule has 1 aliphatic carbocycles. The van der Waals surface area contributed by atoms with E-state index in [9.17, 15) is 0 Å². The first-order valence-corrected chi connectivity index (χ1v) is 5.39. The average Bonchev–Trinajstić information content (AvgIpc) is 2.56. The van der Waals surface area contributed by atoms with E-state index in [0.29, 0.717) is 12.0 Å². The maximum atomic E-state index is 5.91. The van der Waals surface area contributed by atoms with Gasteiger partial charge in [-0.15, -0.1) is 11.3 Å². The van der Waals surface area contributed by atoms with Crippen molar-refractivity contribution in [3.63, 3.8) is 0 Å². The molecule has 3 heteroatoms. The molecule has 0 radical (unpaired) electrons. The largest absolute Gasteiger partial charge is 0.328 e. The Balaban J connectivity index is 2.04. The minimum atomic E-state index is 0.410. The molecule has 0 spiro atoms. The van der Waals surface area contributed by atoms with Crippen molar-refractivity contribution in [2.24, 2.45) is 5.73 Å². The first-order chi connectivity index (χ1) is 5.86. The van der Waals surface area contributed by atoms with Crippen LogP contribution in [0.15, 0.2) is 11.6 Å². The lowest BCUT2D eigenvalue weighted by Gasteiger charge is -2.24. The second-order valence-electron chi connectivity index (χ2n) is 3.49. The van der Waals surface area contributed by atoms with Gasteiger partial charge in [-0.2, -0.15) is 0 Å². The smallest absolute Gasteiger partial charge is 0.0956 e. The van der Waals surface area contributed by atoms with E-state index in [1.54, 1.807) is 11.3 Å². The molecule has 2 N–H and O–H groups in total. The van der Waals surface area contributed by atoms with E-state index in [-0.39, 0.29) is 0 Å².